The molecule has 0 bridgehead atoms. The van der Waals surface area contributed by atoms with Crippen molar-refractivity contribution < 1.29 is 14.3 Å². The molecule has 0 spiro atoms. The van der Waals surface area contributed by atoms with Gasteiger partial charge in [0.1, 0.15) is 0 Å². The van der Waals surface area contributed by atoms with E-state index in [1.165, 1.54) is 0 Å². The lowest BCUT2D eigenvalue weighted by atomic mass is 10.1. The lowest BCUT2D eigenvalue weighted by molar-refractivity contribution is -0.141. The maximum atomic E-state index is 12.5. The molecule has 122 valence electrons. The van der Waals surface area contributed by atoms with E-state index in [9.17, 15) is 4.79 Å². The van der Waals surface area contributed by atoms with Crippen LogP contribution in [0, 0.1) is 0 Å². The third-order valence-corrected chi connectivity index (χ3v) is 4.61. The Kier molecular flexibility index (Phi) is 6.41. The number of rotatable bonds is 5. The van der Waals surface area contributed by atoms with Crippen LogP contribution in [0.1, 0.15) is 13.8 Å². The molecule has 0 N–H and O–H groups in total. The predicted octanol–water partition coefficient (Wildman–Crippen LogP) is -0.114. The number of amides is 1. The van der Waals surface area contributed by atoms with E-state index < -0.39 is 0 Å². The van der Waals surface area contributed by atoms with Gasteiger partial charge in [0.25, 0.3) is 0 Å². The van der Waals surface area contributed by atoms with E-state index in [2.05, 4.69) is 16.7 Å². The monoisotopic (exact) mass is 299 g/mol. The lowest BCUT2D eigenvalue weighted by Crippen LogP contribution is -2.57. The number of morpholine rings is 1. The van der Waals surface area contributed by atoms with Gasteiger partial charge < -0.3 is 14.4 Å². The van der Waals surface area contributed by atoms with Crippen LogP contribution < -0.4 is 0 Å². The van der Waals surface area contributed by atoms with Gasteiger partial charge in [0, 0.05) is 52.4 Å². The highest BCUT2D eigenvalue weighted by Crippen LogP contribution is 2.12. The van der Waals surface area contributed by atoms with Crippen molar-refractivity contribution in [3.63, 3.8) is 0 Å². The highest BCUT2D eigenvalue weighted by molar-refractivity contribution is 5.81. The fourth-order valence-corrected chi connectivity index (χ4v) is 3.12. The molecule has 6 heteroatoms. The van der Waals surface area contributed by atoms with Crippen LogP contribution in [0.5, 0.6) is 0 Å². The smallest absolute Gasteiger partial charge is 0.239 e. The summed E-state index contributed by atoms with van der Waals surface area (Å²) in [6, 6.07) is 0.422. The Bertz CT molecular complexity index is 326. The summed E-state index contributed by atoms with van der Waals surface area (Å²) < 4.78 is 10.5. The van der Waals surface area contributed by atoms with Gasteiger partial charge in [-0.15, -0.1) is 0 Å². The number of nitrogens with zero attached hydrogens (tertiary/aromatic N) is 3. The molecule has 2 aliphatic heterocycles. The predicted molar refractivity (Wildman–Crippen MR) is 81.3 cm³/mol. The first kappa shape index (κ1) is 16.7. The lowest BCUT2D eigenvalue weighted by Gasteiger charge is -2.41. The fraction of sp³-hybridized carbons (Fsp3) is 0.933. The molecule has 0 unspecified atom stereocenters. The minimum absolute atomic E-state index is 0.0250. The van der Waals surface area contributed by atoms with Gasteiger partial charge in [-0.3, -0.25) is 14.6 Å². The normalized spacial score (nSPS) is 24.8. The molecule has 0 saturated carbocycles. The Hall–Kier alpha value is -0.690. The first-order chi connectivity index (χ1) is 10.1. The van der Waals surface area contributed by atoms with Gasteiger partial charge in [0.15, 0.2) is 0 Å². The van der Waals surface area contributed by atoms with E-state index >= 15 is 0 Å². The summed E-state index contributed by atoms with van der Waals surface area (Å²) in [6.45, 7) is 11.7. The van der Waals surface area contributed by atoms with Gasteiger partial charge in [0.2, 0.25) is 5.91 Å². The van der Waals surface area contributed by atoms with E-state index in [1.54, 1.807) is 7.11 Å². The zero-order valence-corrected chi connectivity index (χ0v) is 13.6. The minimum atomic E-state index is -0.0250. The average Bonchev–Trinajstić information content (AvgIpc) is 2.54. The van der Waals surface area contributed by atoms with Crippen LogP contribution in [0.4, 0.5) is 0 Å². The average molecular weight is 299 g/mol. The van der Waals surface area contributed by atoms with Gasteiger partial charge in [-0.1, -0.05) is 0 Å². The molecule has 0 aromatic carbocycles. The van der Waals surface area contributed by atoms with Crippen molar-refractivity contribution in [2.75, 3.05) is 66.2 Å². The van der Waals surface area contributed by atoms with E-state index in [-0.39, 0.29) is 11.9 Å². The van der Waals surface area contributed by atoms with Gasteiger partial charge in [-0.05, 0) is 13.8 Å². The molecule has 6 nitrogen and oxygen atoms in total. The molecule has 0 aromatic heterocycles. The standard InChI is InChI=1S/C15H29N3O3/c1-13(12-20-3)16-4-6-17(7-5-16)14(2)15(19)18-8-10-21-11-9-18/h13-14H,4-12H2,1-3H3/t13-,14+/m1/s1. The second-order valence-electron chi connectivity index (χ2n) is 5.99. The number of piperazine rings is 1. The van der Waals surface area contributed by atoms with Crippen molar-refractivity contribution in [3.05, 3.63) is 0 Å². The molecule has 0 aromatic rings. The molecular formula is C15H29N3O3. The fourth-order valence-electron chi connectivity index (χ4n) is 3.12. The van der Waals surface area contributed by atoms with E-state index in [1.807, 2.05) is 11.8 Å². The summed E-state index contributed by atoms with van der Waals surface area (Å²) >= 11 is 0. The third-order valence-electron chi connectivity index (χ3n) is 4.61. The van der Waals surface area contributed by atoms with E-state index in [0.717, 1.165) is 45.9 Å². The van der Waals surface area contributed by atoms with Gasteiger partial charge >= 0.3 is 0 Å². The second kappa shape index (κ2) is 8.08. The van der Waals surface area contributed by atoms with Crippen LogP contribution in [-0.4, -0.2) is 98.9 Å². The van der Waals surface area contributed by atoms with Crippen LogP contribution in [0.15, 0.2) is 0 Å². The van der Waals surface area contributed by atoms with Gasteiger partial charge in [0.05, 0.1) is 25.9 Å². The van der Waals surface area contributed by atoms with Crippen molar-refractivity contribution in [3.8, 4) is 0 Å². The Morgan fingerprint density at radius 3 is 2.19 bits per heavy atom. The number of hydrogen-bond donors (Lipinski definition) is 0. The Morgan fingerprint density at radius 2 is 1.62 bits per heavy atom. The number of carbonyl (C=O) groups is 1. The molecule has 2 saturated heterocycles. The quantitative estimate of drug-likeness (QED) is 0.709. The van der Waals surface area contributed by atoms with E-state index in [0.29, 0.717) is 19.3 Å². The topological polar surface area (TPSA) is 45.2 Å². The zero-order valence-electron chi connectivity index (χ0n) is 13.6. The molecule has 0 radical (unpaired) electrons. The first-order valence-corrected chi connectivity index (χ1v) is 7.97. The van der Waals surface area contributed by atoms with E-state index in [4.69, 9.17) is 9.47 Å². The van der Waals surface area contributed by atoms with Crippen molar-refractivity contribution in [2.45, 2.75) is 25.9 Å². The Balaban J connectivity index is 1.79. The van der Waals surface area contributed by atoms with Crippen molar-refractivity contribution >= 4 is 5.91 Å². The molecule has 2 rings (SSSR count). The third kappa shape index (κ3) is 4.39. The summed E-state index contributed by atoms with van der Waals surface area (Å²) in [5.74, 6) is 0.247. The number of carbonyl (C=O) groups excluding carboxylic acids is 1. The molecule has 2 fully saturated rings. The Morgan fingerprint density at radius 1 is 1.05 bits per heavy atom. The number of ether oxygens (including phenoxy) is 2. The van der Waals surface area contributed by atoms with Crippen LogP contribution in [-0.2, 0) is 14.3 Å². The molecule has 0 aliphatic carbocycles. The van der Waals surface area contributed by atoms with Crippen molar-refractivity contribution in [1.29, 1.82) is 0 Å². The number of hydrogen-bond acceptors (Lipinski definition) is 5. The minimum Gasteiger partial charge on any atom is -0.383 e. The van der Waals surface area contributed by atoms with Crippen LogP contribution >= 0.6 is 0 Å². The summed E-state index contributed by atoms with van der Waals surface area (Å²) in [5.41, 5.74) is 0. The molecule has 1 amide bonds. The SMILES string of the molecule is COC[C@@H](C)N1CCN([C@@H](C)C(=O)N2CCOCC2)CC1. The van der Waals surface area contributed by atoms with Crippen molar-refractivity contribution in [1.82, 2.24) is 14.7 Å². The molecule has 21 heavy (non-hydrogen) atoms. The number of methoxy groups -OCH3 is 1. The van der Waals surface area contributed by atoms with Crippen LogP contribution in [0.3, 0.4) is 0 Å². The summed E-state index contributed by atoms with van der Waals surface area (Å²) in [4.78, 5) is 19.2. The van der Waals surface area contributed by atoms with Crippen molar-refractivity contribution in [2.24, 2.45) is 0 Å². The molecular weight excluding hydrogens is 270 g/mol. The highest BCUT2D eigenvalue weighted by atomic mass is 16.5. The summed E-state index contributed by atoms with van der Waals surface area (Å²) in [6.07, 6.45) is 0. The summed E-state index contributed by atoms with van der Waals surface area (Å²) in [7, 11) is 1.75. The molecule has 2 atom stereocenters. The first-order valence-electron chi connectivity index (χ1n) is 7.97. The van der Waals surface area contributed by atoms with Gasteiger partial charge in [-0.2, -0.15) is 0 Å². The molecule has 2 heterocycles. The zero-order chi connectivity index (χ0) is 15.2. The van der Waals surface area contributed by atoms with Crippen LogP contribution in [0.2, 0.25) is 0 Å². The van der Waals surface area contributed by atoms with Gasteiger partial charge in [-0.25, -0.2) is 0 Å². The Labute approximate surface area is 128 Å². The maximum absolute atomic E-state index is 12.5. The maximum Gasteiger partial charge on any atom is 0.239 e. The largest absolute Gasteiger partial charge is 0.383 e. The highest BCUT2D eigenvalue weighted by Gasteiger charge is 2.30. The van der Waals surface area contributed by atoms with Crippen LogP contribution in [0.25, 0.3) is 0 Å². The summed E-state index contributed by atoms with van der Waals surface area (Å²) in [5, 5.41) is 0. The molecule has 2 aliphatic rings. The second-order valence-corrected chi connectivity index (χ2v) is 5.99.